The Morgan fingerprint density at radius 2 is 1.78 bits per heavy atom. The number of aliphatic hydroxyl groups is 1. The van der Waals surface area contributed by atoms with Crippen LogP contribution in [0, 0.1) is 5.92 Å². The molecule has 0 aromatic rings. The van der Waals surface area contributed by atoms with Gasteiger partial charge in [0.2, 0.25) is 0 Å². The fourth-order valence-corrected chi connectivity index (χ4v) is 3.71. The maximum atomic E-state index is 10.7. The van der Waals surface area contributed by atoms with Crippen molar-refractivity contribution in [3.8, 4) is 0 Å². The minimum Gasteiger partial charge on any atom is -0.390 e. The van der Waals surface area contributed by atoms with Crippen molar-refractivity contribution in [2.24, 2.45) is 5.92 Å². The molecule has 0 radical (unpaired) electrons. The smallest absolute Gasteiger partial charge is 0.0674 e. The molecule has 0 unspecified atom stereocenters. The van der Waals surface area contributed by atoms with Crippen LogP contribution in [-0.4, -0.2) is 35.2 Å². The largest absolute Gasteiger partial charge is 0.390 e. The van der Waals surface area contributed by atoms with Gasteiger partial charge in [0, 0.05) is 13.1 Å². The SMILES string of the molecule is CCCCN1CCC(O)(CC2CCCCC2)CC1. The summed E-state index contributed by atoms with van der Waals surface area (Å²) in [7, 11) is 0. The van der Waals surface area contributed by atoms with Crippen LogP contribution in [0.15, 0.2) is 0 Å². The lowest BCUT2D eigenvalue weighted by Gasteiger charge is -2.40. The Kier molecular flexibility index (Phi) is 5.50. The maximum Gasteiger partial charge on any atom is 0.0674 e. The lowest BCUT2D eigenvalue weighted by atomic mass is 9.77. The molecule has 1 N–H and O–H groups in total. The molecule has 2 aliphatic rings. The molecule has 1 saturated carbocycles. The summed E-state index contributed by atoms with van der Waals surface area (Å²) in [6.07, 6.45) is 12.6. The molecule has 0 bridgehead atoms. The highest BCUT2D eigenvalue weighted by Gasteiger charge is 2.34. The van der Waals surface area contributed by atoms with Gasteiger partial charge in [-0.05, 0) is 38.1 Å². The Hall–Kier alpha value is -0.0800. The molecule has 2 rings (SSSR count). The van der Waals surface area contributed by atoms with Crippen molar-refractivity contribution in [2.45, 2.75) is 76.7 Å². The van der Waals surface area contributed by atoms with Crippen molar-refractivity contribution in [3.05, 3.63) is 0 Å². The van der Waals surface area contributed by atoms with E-state index in [2.05, 4.69) is 11.8 Å². The van der Waals surface area contributed by atoms with E-state index in [4.69, 9.17) is 0 Å². The zero-order valence-electron chi connectivity index (χ0n) is 12.2. The highest BCUT2D eigenvalue weighted by Crippen LogP contribution is 2.35. The van der Waals surface area contributed by atoms with E-state index < -0.39 is 0 Å². The van der Waals surface area contributed by atoms with Crippen LogP contribution in [0.2, 0.25) is 0 Å². The number of hydrogen-bond acceptors (Lipinski definition) is 2. The third kappa shape index (κ3) is 4.24. The summed E-state index contributed by atoms with van der Waals surface area (Å²) >= 11 is 0. The Balaban J connectivity index is 1.72. The molecule has 2 fully saturated rings. The molecule has 0 aromatic heterocycles. The topological polar surface area (TPSA) is 23.5 Å². The number of unbranched alkanes of at least 4 members (excludes halogenated alkanes) is 1. The summed E-state index contributed by atoms with van der Waals surface area (Å²) in [4.78, 5) is 2.54. The van der Waals surface area contributed by atoms with Crippen molar-refractivity contribution in [1.82, 2.24) is 4.90 Å². The lowest BCUT2D eigenvalue weighted by molar-refractivity contribution is -0.0424. The molecule has 1 saturated heterocycles. The first kappa shape index (κ1) is 14.3. The number of piperidine rings is 1. The second-order valence-corrected chi connectivity index (χ2v) is 6.63. The average molecular weight is 253 g/mol. The molecular formula is C16H31NO. The van der Waals surface area contributed by atoms with Gasteiger partial charge in [0.25, 0.3) is 0 Å². The molecule has 1 aliphatic carbocycles. The van der Waals surface area contributed by atoms with Gasteiger partial charge in [-0.3, -0.25) is 0 Å². The van der Waals surface area contributed by atoms with Crippen LogP contribution in [0.25, 0.3) is 0 Å². The minimum atomic E-state index is -0.329. The minimum absolute atomic E-state index is 0.329. The van der Waals surface area contributed by atoms with Crippen LogP contribution >= 0.6 is 0 Å². The van der Waals surface area contributed by atoms with Crippen LogP contribution < -0.4 is 0 Å². The first-order valence-corrected chi connectivity index (χ1v) is 8.16. The van der Waals surface area contributed by atoms with Crippen LogP contribution in [0.4, 0.5) is 0 Å². The normalized spacial score (nSPS) is 26.3. The summed E-state index contributed by atoms with van der Waals surface area (Å²) in [5, 5.41) is 10.7. The van der Waals surface area contributed by atoms with E-state index in [0.717, 1.165) is 38.3 Å². The van der Waals surface area contributed by atoms with Crippen LogP contribution in [0.5, 0.6) is 0 Å². The van der Waals surface area contributed by atoms with Crippen molar-refractivity contribution >= 4 is 0 Å². The standard InChI is InChI=1S/C16H31NO/c1-2-3-11-17-12-9-16(18,10-13-17)14-15-7-5-4-6-8-15/h15,18H,2-14H2,1H3. The van der Waals surface area contributed by atoms with Gasteiger partial charge >= 0.3 is 0 Å². The molecule has 2 heteroatoms. The van der Waals surface area contributed by atoms with Crippen molar-refractivity contribution in [3.63, 3.8) is 0 Å². The average Bonchev–Trinajstić information content (AvgIpc) is 2.39. The Labute approximate surface area is 113 Å². The molecular weight excluding hydrogens is 222 g/mol. The number of hydrogen-bond donors (Lipinski definition) is 1. The van der Waals surface area contributed by atoms with Gasteiger partial charge in [-0.1, -0.05) is 45.4 Å². The summed E-state index contributed by atoms with van der Waals surface area (Å²) in [5.74, 6) is 0.811. The maximum absolute atomic E-state index is 10.7. The van der Waals surface area contributed by atoms with E-state index in [1.165, 1.54) is 51.5 Å². The van der Waals surface area contributed by atoms with E-state index in [1.807, 2.05) is 0 Å². The van der Waals surface area contributed by atoms with E-state index in [-0.39, 0.29) is 5.60 Å². The van der Waals surface area contributed by atoms with Gasteiger partial charge in [0.05, 0.1) is 5.60 Å². The van der Waals surface area contributed by atoms with Crippen LogP contribution in [-0.2, 0) is 0 Å². The summed E-state index contributed by atoms with van der Waals surface area (Å²) < 4.78 is 0. The fraction of sp³-hybridized carbons (Fsp3) is 1.00. The number of nitrogens with zero attached hydrogens (tertiary/aromatic N) is 1. The van der Waals surface area contributed by atoms with E-state index >= 15 is 0 Å². The molecule has 0 aromatic carbocycles. The molecule has 106 valence electrons. The molecule has 0 atom stereocenters. The molecule has 1 aliphatic heterocycles. The van der Waals surface area contributed by atoms with Crippen molar-refractivity contribution < 1.29 is 5.11 Å². The van der Waals surface area contributed by atoms with Crippen LogP contribution in [0.1, 0.15) is 71.1 Å². The van der Waals surface area contributed by atoms with Gasteiger partial charge in [-0.15, -0.1) is 0 Å². The third-order valence-corrected chi connectivity index (χ3v) is 5.01. The summed E-state index contributed by atoms with van der Waals surface area (Å²) in [6, 6.07) is 0. The summed E-state index contributed by atoms with van der Waals surface area (Å²) in [5.41, 5.74) is -0.329. The first-order chi connectivity index (χ1) is 8.72. The molecule has 0 amide bonds. The van der Waals surface area contributed by atoms with Gasteiger partial charge in [0.15, 0.2) is 0 Å². The van der Waals surface area contributed by atoms with Gasteiger partial charge < -0.3 is 10.0 Å². The first-order valence-electron chi connectivity index (χ1n) is 8.16. The molecule has 0 spiro atoms. The van der Waals surface area contributed by atoms with E-state index in [0.29, 0.717) is 0 Å². The van der Waals surface area contributed by atoms with Crippen molar-refractivity contribution in [1.29, 1.82) is 0 Å². The summed E-state index contributed by atoms with van der Waals surface area (Å²) in [6.45, 7) is 5.71. The monoisotopic (exact) mass is 253 g/mol. The highest BCUT2D eigenvalue weighted by atomic mass is 16.3. The predicted molar refractivity (Wildman–Crippen MR) is 76.7 cm³/mol. The van der Waals surface area contributed by atoms with Gasteiger partial charge in [-0.2, -0.15) is 0 Å². The second-order valence-electron chi connectivity index (χ2n) is 6.63. The van der Waals surface area contributed by atoms with Gasteiger partial charge in [-0.25, -0.2) is 0 Å². The number of rotatable bonds is 5. The van der Waals surface area contributed by atoms with Gasteiger partial charge in [0.1, 0.15) is 0 Å². The Bertz CT molecular complexity index is 227. The number of likely N-dealkylation sites (tertiary alicyclic amines) is 1. The third-order valence-electron chi connectivity index (χ3n) is 5.01. The zero-order chi connectivity index (χ0) is 12.8. The second kappa shape index (κ2) is 6.91. The lowest BCUT2D eigenvalue weighted by Crippen LogP contribution is -2.45. The quantitative estimate of drug-likeness (QED) is 0.809. The Morgan fingerprint density at radius 3 is 2.39 bits per heavy atom. The van der Waals surface area contributed by atoms with Crippen molar-refractivity contribution in [2.75, 3.05) is 19.6 Å². The van der Waals surface area contributed by atoms with E-state index in [9.17, 15) is 5.11 Å². The van der Waals surface area contributed by atoms with Crippen LogP contribution in [0.3, 0.4) is 0 Å². The highest BCUT2D eigenvalue weighted by molar-refractivity contribution is 4.88. The molecule has 1 heterocycles. The molecule has 18 heavy (non-hydrogen) atoms. The zero-order valence-corrected chi connectivity index (χ0v) is 12.2. The fourth-order valence-electron chi connectivity index (χ4n) is 3.71. The Morgan fingerprint density at radius 1 is 1.11 bits per heavy atom. The molecule has 2 nitrogen and oxygen atoms in total. The van der Waals surface area contributed by atoms with E-state index in [1.54, 1.807) is 0 Å². The predicted octanol–water partition coefficient (Wildman–Crippen LogP) is 3.58.